The van der Waals surface area contributed by atoms with Crippen molar-refractivity contribution in [3.8, 4) is 0 Å². The van der Waals surface area contributed by atoms with E-state index in [0.717, 1.165) is 0 Å². The Balaban J connectivity index is 0. The fraction of sp³-hybridized carbons (Fsp3) is 0.750. The standard InChI is InChI=1S/C4H2F6O3.Na/c5-3(6,7)2(13,1(11)12)4(8,9)10;/h13H,(H,11,12);/q;+1/p-1. The molecule has 0 amide bonds. The molecule has 0 aromatic heterocycles. The van der Waals surface area contributed by atoms with Gasteiger partial charge in [0, 0.05) is 0 Å². The summed E-state index contributed by atoms with van der Waals surface area (Å²) in [6.07, 6.45) is -12.7. The smallest absolute Gasteiger partial charge is 0.546 e. The molecule has 1 N–H and O–H groups in total. The van der Waals surface area contributed by atoms with Gasteiger partial charge in [-0.1, -0.05) is 0 Å². The number of carbonyl (C=O) groups excluding carboxylic acids is 1. The topological polar surface area (TPSA) is 60.4 Å². The number of rotatable bonds is 1. The summed E-state index contributed by atoms with van der Waals surface area (Å²) in [6.45, 7) is 0. The molecule has 0 aromatic rings. The zero-order valence-corrected chi connectivity index (χ0v) is 8.53. The first-order valence-electron chi connectivity index (χ1n) is 2.52. The van der Waals surface area contributed by atoms with Gasteiger partial charge < -0.3 is 15.0 Å². The third kappa shape index (κ3) is 2.53. The van der Waals surface area contributed by atoms with Crippen LogP contribution in [0.4, 0.5) is 26.3 Å². The summed E-state index contributed by atoms with van der Waals surface area (Å²) in [6, 6.07) is 0. The first-order chi connectivity index (χ1) is 5.44. The average Bonchev–Trinajstić information content (AvgIpc) is 1.80. The quantitative estimate of drug-likeness (QED) is 0.380. The van der Waals surface area contributed by atoms with Crippen molar-refractivity contribution < 1.29 is 70.9 Å². The molecule has 0 atom stereocenters. The fourth-order valence-corrected chi connectivity index (χ4v) is 0.392. The minimum Gasteiger partial charge on any atom is -0.546 e. The number of carbonyl (C=O) groups is 1. The maximum Gasteiger partial charge on any atom is 1.00 e. The van der Waals surface area contributed by atoms with E-state index in [4.69, 9.17) is 5.11 Å². The summed E-state index contributed by atoms with van der Waals surface area (Å²) < 4.78 is 68.8. The summed E-state index contributed by atoms with van der Waals surface area (Å²) in [5.74, 6) is -3.66. The van der Waals surface area contributed by atoms with Gasteiger partial charge in [-0.15, -0.1) is 0 Å². The van der Waals surface area contributed by atoms with Crippen molar-refractivity contribution in [2.24, 2.45) is 0 Å². The van der Waals surface area contributed by atoms with Crippen LogP contribution in [0, 0.1) is 0 Å². The molecular weight excluding hydrogens is 233 g/mol. The van der Waals surface area contributed by atoms with Crippen LogP contribution in [0.1, 0.15) is 0 Å². The Labute approximate surface area is 95.0 Å². The maximum absolute atomic E-state index is 11.5. The van der Waals surface area contributed by atoms with E-state index in [2.05, 4.69) is 0 Å². The summed E-state index contributed by atoms with van der Waals surface area (Å²) in [7, 11) is 0. The van der Waals surface area contributed by atoms with Crippen molar-refractivity contribution in [2.45, 2.75) is 18.0 Å². The molecule has 3 nitrogen and oxygen atoms in total. The van der Waals surface area contributed by atoms with Gasteiger partial charge >= 0.3 is 41.9 Å². The second-order valence-electron chi connectivity index (χ2n) is 1.99. The Kier molecular flexibility index (Phi) is 4.99. The molecule has 0 aromatic carbocycles. The van der Waals surface area contributed by atoms with Crippen molar-refractivity contribution in [3.63, 3.8) is 0 Å². The number of carboxylic acids is 1. The predicted molar refractivity (Wildman–Crippen MR) is 22.1 cm³/mol. The second kappa shape index (κ2) is 4.25. The summed E-state index contributed by atoms with van der Waals surface area (Å²) in [4.78, 5) is 9.51. The largest absolute Gasteiger partial charge is 1.00 e. The molecule has 0 heterocycles. The van der Waals surface area contributed by atoms with Crippen LogP contribution in [0.2, 0.25) is 0 Å². The molecule has 0 unspecified atom stereocenters. The molecule has 0 radical (unpaired) electrons. The van der Waals surface area contributed by atoms with Crippen LogP contribution in [0.3, 0.4) is 0 Å². The van der Waals surface area contributed by atoms with Gasteiger partial charge in [-0.2, -0.15) is 26.3 Å². The Hall–Kier alpha value is 0.01000. The van der Waals surface area contributed by atoms with Crippen LogP contribution < -0.4 is 34.7 Å². The Morgan fingerprint density at radius 2 is 1.21 bits per heavy atom. The van der Waals surface area contributed by atoms with Crippen LogP contribution >= 0.6 is 0 Å². The van der Waals surface area contributed by atoms with E-state index in [-0.39, 0.29) is 29.6 Å². The molecular formula is C4HF6NaO3. The second-order valence-corrected chi connectivity index (χ2v) is 1.99. The fourth-order valence-electron chi connectivity index (χ4n) is 0.392. The molecule has 78 valence electrons. The molecule has 0 aliphatic carbocycles. The third-order valence-corrected chi connectivity index (χ3v) is 1.12. The molecule has 0 fully saturated rings. The molecule has 0 saturated carbocycles. The molecule has 0 aliphatic rings. The third-order valence-electron chi connectivity index (χ3n) is 1.12. The summed E-state index contributed by atoms with van der Waals surface area (Å²) in [5.41, 5.74) is -5.82. The number of hydrogen-bond acceptors (Lipinski definition) is 3. The van der Waals surface area contributed by atoms with Crippen molar-refractivity contribution in [3.05, 3.63) is 0 Å². The van der Waals surface area contributed by atoms with E-state index in [1.54, 1.807) is 0 Å². The van der Waals surface area contributed by atoms with Gasteiger partial charge in [0.2, 0.25) is 0 Å². The first kappa shape index (κ1) is 16.4. The monoisotopic (exact) mass is 234 g/mol. The zero-order chi connectivity index (χ0) is 11.1. The number of hydrogen-bond donors (Lipinski definition) is 1. The summed E-state index contributed by atoms with van der Waals surface area (Å²) in [5, 5.41) is 17.4. The van der Waals surface area contributed by atoms with Gasteiger partial charge in [0.15, 0.2) is 0 Å². The minimum absolute atomic E-state index is 0. The SMILES string of the molecule is O=C([O-])C(O)(C(F)(F)F)C(F)(F)F.[Na+]. The van der Waals surface area contributed by atoms with Crippen LogP contribution in [0.15, 0.2) is 0 Å². The van der Waals surface area contributed by atoms with E-state index in [9.17, 15) is 36.2 Å². The van der Waals surface area contributed by atoms with Gasteiger partial charge in [0.25, 0.3) is 5.60 Å². The molecule has 0 rings (SSSR count). The van der Waals surface area contributed by atoms with E-state index in [1.807, 2.05) is 0 Å². The van der Waals surface area contributed by atoms with Crippen molar-refractivity contribution in [2.75, 3.05) is 0 Å². The Morgan fingerprint density at radius 1 is 1.00 bits per heavy atom. The van der Waals surface area contributed by atoms with E-state index >= 15 is 0 Å². The Morgan fingerprint density at radius 3 is 1.21 bits per heavy atom. The molecule has 0 bridgehead atoms. The van der Waals surface area contributed by atoms with Crippen molar-refractivity contribution in [1.82, 2.24) is 0 Å². The van der Waals surface area contributed by atoms with Gasteiger partial charge in [0.05, 0.1) is 5.97 Å². The summed E-state index contributed by atoms with van der Waals surface area (Å²) >= 11 is 0. The average molecular weight is 234 g/mol. The van der Waals surface area contributed by atoms with E-state index in [1.165, 1.54) is 0 Å². The molecule has 14 heavy (non-hydrogen) atoms. The molecule has 0 aliphatic heterocycles. The minimum atomic E-state index is -6.37. The van der Waals surface area contributed by atoms with Crippen molar-refractivity contribution in [1.29, 1.82) is 0 Å². The molecule has 0 spiro atoms. The molecule has 0 saturated heterocycles. The van der Waals surface area contributed by atoms with Gasteiger partial charge in [-0.05, 0) is 0 Å². The van der Waals surface area contributed by atoms with Gasteiger partial charge in [0.1, 0.15) is 0 Å². The van der Waals surface area contributed by atoms with Crippen LogP contribution in [0.5, 0.6) is 0 Å². The Bertz CT molecular complexity index is 206. The first-order valence-corrected chi connectivity index (χ1v) is 2.52. The van der Waals surface area contributed by atoms with Crippen LogP contribution in [0.25, 0.3) is 0 Å². The van der Waals surface area contributed by atoms with Crippen LogP contribution in [-0.4, -0.2) is 29.0 Å². The van der Waals surface area contributed by atoms with E-state index < -0.39 is 23.9 Å². The number of halogens is 6. The maximum atomic E-state index is 11.5. The number of aliphatic hydroxyl groups is 1. The normalized spacial score (nSPS) is 13.4. The van der Waals surface area contributed by atoms with Crippen LogP contribution in [-0.2, 0) is 4.79 Å². The van der Waals surface area contributed by atoms with E-state index in [0.29, 0.717) is 0 Å². The predicted octanol–water partition coefficient (Wildman–Crippen LogP) is -3.40. The van der Waals surface area contributed by atoms with Gasteiger partial charge in [-0.3, -0.25) is 0 Å². The molecule has 10 heteroatoms. The zero-order valence-electron chi connectivity index (χ0n) is 6.53. The van der Waals surface area contributed by atoms with Crippen molar-refractivity contribution >= 4 is 5.97 Å². The number of aliphatic carboxylic acids is 1. The van der Waals surface area contributed by atoms with Gasteiger partial charge in [-0.25, -0.2) is 0 Å². The number of alkyl halides is 6. The number of carboxylic acid groups (broad SMARTS) is 1.